The molecular weight excluding hydrogens is 329 g/mol. The van der Waals surface area contributed by atoms with Crippen LogP contribution < -0.4 is 4.74 Å². The number of rotatable bonds is 4. The summed E-state index contributed by atoms with van der Waals surface area (Å²) in [6, 6.07) is 6.17. The highest BCUT2D eigenvalue weighted by atomic mass is 19.1. The maximum atomic E-state index is 13.2. The van der Waals surface area contributed by atoms with Crippen LogP contribution in [0.3, 0.4) is 0 Å². The van der Waals surface area contributed by atoms with Crippen molar-refractivity contribution in [2.75, 3.05) is 19.7 Å². The van der Waals surface area contributed by atoms with Gasteiger partial charge in [-0.3, -0.25) is 4.79 Å². The highest BCUT2D eigenvalue weighted by Crippen LogP contribution is 2.70. The Hall–Kier alpha value is -1.84. The Labute approximate surface area is 154 Å². The molecule has 0 N–H and O–H groups in total. The molecule has 0 aromatic heterocycles. The average Bonchev–Trinajstić information content (AvgIpc) is 3.34. The number of piperidine rings is 1. The van der Waals surface area contributed by atoms with Crippen molar-refractivity contribution < 1.29 is 13.9 Å². The Balaban J connectivity index is 1.19. The molecule has 5 rings (SSSR count). The Kier molecular flexibility index (Phi) is 3.84. The topological polar surface area (TPSA) is 29.5 Å². The van der Waals surface area contributed by atoms with Crippen LogP contribution in [0.25, 0.3) is 0 Å². The molecule has 0 unspecified atom stereocenters. The molecule has 1 saturated heterocycles. The molecule has 2 saturated carbocycles. The first-order valence-electron chi connectivity index (χ1n) is 10.0. The minimum atomic E-state index is -0.250. The molecule has 1 aliphatic heterocycles. The monoisotopic (exact) mass is 355 g/mol. The zero-order valence-corrected chi connectivity index (χ0v) is 15.1. The molecular formula is C22H26FNO2. The molecule has 1 aromatic rings. The van der Waals surface area contributed by atoms with Crippen LogP contribution in [0.1, 0.15) is 32.1 Å². The van der Waals surface area contributed by atoms with E-state index in [9.17, 15) is 9.18 Å². The van der Waals surface area contributed by atoms with E-state index >= 15 is 0 Å². The molecule has 1 heterocycles. The van der Waals surface area contributed by atoms with E-state index in [-0.39, 0.29) is 11.7 Å². The summed E-state index contributed by atoms with van der Waals surface area (Å²) in [6.45, 7) is 2.27. The van der Waals surface area contributed by atoms with Gasteiger partial charge in [0.25, 0.3) is 0 Å². The molecule has 4 heteroatoms. The number of benzene rings is 1. The Bertz CT molecular complexity index is 724. The summed E-state index contributed by atoms with van der Waals surface area (Å²) in [5.74, 6) is 2.55. The van der Waals surface area contributed by atoms with Crippen molar-refractivity contribution in [2.45, 2.75) is 32.1 Å². The zero-order chi connectivity index (χ0) is 17.7. The van der Waals surface area contributed by atoms with Crippen LogP contribution in [0.2, 0.25) is 0 Å². The lowest BCUT2D eigenvalue weighted by molar-refractivity contribution is -0.138. The first-order valence-corrected chi connectivity index (χ1v) is 10.0. The van der Waals surface area contributed by atoms with Crippen molar-refractivity contribution in [1.29, 1.82) is 0 Å². The van der Waals surface area contributed by atoms with Crippen LogP contribution in [0.15, 0.2) is 36.4 Å². The molecule has 0 radical (unpaired) electrons. The van der Waals surface area contributed by atoms with Crippen LogP contribution in [0, 0.1) is 34.9 Å². The number of carbonyl (C=O) groups excluding carboxylic acids is 1. The van der Waals surface area contributed by atoms with Gasteiger partial charge in [0.1, 0.15) is 11.6 Å². The summed E-state index contributed by atoms with van der Waals surface area (Å²) >= 11 is 0. The first kappa shape index (κ1) is 16.3. The van der Waals surface area contributed by atoms with Crippen molar-refractivity contribution in [3.63, 3.8) is 0 Å². The minimum absolute atomic E-state index is 0.212. The molecule has 26 heavy (non-hydrogen) atoms. The van der Waals surface area contributed by atoms with E-state index in [0.29, 0.717) is 41.4 Å². The van der Waals surface area contributed by atoms with Crippen LogP contribution in [0.4, 0.5) is 4.39 Å². The van der Waals surface area contributed by atoms with Crippen molar-refractivity contribution in [3.05, 3.63) is 42.2 Å². The van der Waals surface area contributed by atoms with Gasteiger partial charge in [0.05, 0.1) is 6.61 Å². The third-order valence-corrected chi connectivity index (χ3v) is 7.17. The van der Waals surface area contributed by atoms with Gasteiger partial charge >= 0.3 is 0 Å². The molecule has 4 atom stereocenters. The van der Waals surface area contributed by atoms with E-state index in [4.69, 9.17) is 4.74 Å². The molecule has 1 spiro atoms. The highest BCUT2D eigenvalue weighted by molar-refractivity contribution is 5.80. The van der Waals surface area contributed by atoms with Gasteiger partial charge in [-0.2, -0.15) is 0 Å². The molecule has 138 valence electrons. The molecule has 1 aromatic carbocycles. The summed E-state index contributed by atoms with van der Waals surface area (Å²) < 4.78 is 18.8. The first-order chi connectivity index (χ1) is 12.7. The quantitative estimate of drug-likeness (QED) is 0.763. The Morgan fingerprint density at radius 2 is 2.04 bits per heavy atom. The van der Waals surface area contributed by atoms with Crippen molar-refractivity contribution in [2.24, 2.45) is 29.1 Å². The SMILES string of the molecule is O=C([C@@H]1C[C@H]2C=C[C@H]1C21CC1)N1CCC[C@H](COc2ccc(F)cc2)C1. The molecule has 1 amide bonds. The normalized spacial score (nSPS) is 33.7. The van der Waals surface area contributed by atoms with Crippen LogP contribution in [-0.2, 0) is 4.79 Å². The summed E-state index contributed by atoms with van der Waals surface area (Å²) in [6.07, 6.45) is 10.5. The largest absolute Gasteiger partial charge is 0.493 e. The van der Waals surface area contributed by atoms with Gasteiger partial charge in [0, 0.05) is 24.9 Å². The van der Waals surface area contributed by atoms with Gasteiger partial charge < -0.3 is 9.64 Å². The van der Waals surface area contributed by atoms with Crippen molar-refractivity contribution in [1.82, 2.24) is 4.90 Å². The number of likely N-dealkylation sites (tertiary alicyclic amines) is 1. The van der Waals surface area contributed by atoms with Crippen molar-refractivity contribution in [3.8, 4) is 5.75 Å². The van der Waals surface area contributed by atoms with E-state index in [2.05, 4.69) is 17.1 Å². The fourth-order valence-corrected chi connectivity index (χ4v) is 5.64. The predicted molar refractivity (Wildman–Crippen MR) is 97.1 cm³/mol. The van der Waals surface area contributed by atoms with E-state index in [1.807, 2.05) is 0 Å². The average molecular weight is 355 g/mol. The van der Waals surface area contributed by atoms with Gasteiger partial charge in [0.15, 0.2) is 0 Å². The van der Waals surface area contributed by atoms with E-state index in [1.165, 1.54) is 25.0 Å². The third-order valence-electron chi connectivity index (χ3n) is 7.17. The predicted octanol–water partition coefficient (Wildman–Crippen LogP) is 4.05. The number of carbonyl (C=O) groups is 1. The maximum Gasteiger partial charge on any atom is 0.226 e. The van der Waals surface area contributed by atoms with E-state index in [0.717, 1.165) is 32.4 Å². The van der Waals surface area contributed by atoms with Gasteiger partial charge in [-0.15, -0.1) is 0 Å². The number of allylic oxidation sites excluding steroid dienone is 2. The number of hydrogen-bond donors (Lipinski definition) is 0. The molecule has 3 fully saturated rings. The van der Waals surface area contributed by atoms with E-state index < -0.39 is 0 Å². The lowest BCUT2D eigenvalue weighted by atomic mass is 9.87. The zero-order valence-electron chi connectivity index (χ0n) is 15.1. The number of amides is 1. The molecule has 3 nitrogen and oxygen atoms in total. The summed E-state index contributed by atoms with van der Waals surface area (Å²) in [5, 5.41) is 0. The number of halogens is 1. The van der Waals surface area contributed by atoms with Crippen LogP contribution in [-0.4, -0.2) is 30.5 Å². The summed E-state index contributed by atoms with van der Waals surface area (Å²) in [5.41, 5.74) is 0.473. The van der Waals surface area contributed by atoms with E-state index in [1.54, 1.807) is 12.1 Å². The smallest absolute Gasteiger partial charge is 0.226 e. The molecule has 2 bridgehead atoms. The van der Waals surface area contributed by atoms with Gasteiger partial charge in [-0.1, -0.05) is 12.2 Å². The second-order valence-electron chi connectivity index (χ2n) is 8.65. The lowest BCUT2D eigenvalue weighted by Gasteiger charge is -2.35. The number of hydrogen-bond acceptors (Lipinski definition) is 2. The Morgan fingerprint density at radius 3 is 2.77 bits per heavy atom. The molecule has 3 aliphatic carbocycles. The van der Waals surface area contributed by atoms with Crippen molar-refractivity contribution >= 4 is 5.91 Å². The van der Waals surface area contributed by atoms with Gasteiger partial charge in [-0.25, -0.2) is 4.39 Å². The summed E-state index contributed by atoms with van der Waals surface area (Å²) in [4.78, 5) is 15.3. The second-order valence-corrected chi connectivity index (χ2v) is 8.65. The fourth-order valence-electron chi connectivity index (χ4n) is 5.64. The maximum absolute atomic E-state index is 13.2. The fraction of sp³-hybridized carbons (Fsp3) is 0.591. The third kappa shape index (κ3) is 2.65. The number of nitrogens with zero attached hydrogens (tertiary/aromatic N) is 1. The standard InChI is InChI=1S/C22H26FNO2/c23-17-4-6-18(7-5-17)26-14-15-2-1-11-24(13-15)21(25)19-12-16-3-8-20(19)22(16)9-10-22/h3-8,15-16,19-20H,1-2,9-14H2/t15-,16+,19+,20+/m0/s1. The van der Waals surface area contributed by atoms with Gasteiger partial charge in [0.2, 0.25) is 5.91 Å². The van der Waals surface area contributed by atoms with Crippen LogP contribution in [0.5, 0.6) is 5.75 Å². The van der Waals surface area contributed by atoms with Crippen LogP contribution >= 0.6 is 0 Å². The van der Waals surface area contributed by atoms with Gasteiger partial charge in [-0.05, 0) is 73.6 Å². The number of ether oxygens (including phenoxy) is 1. The lowest BCUT2D eigenvalue weighted by Crippen LogP contribution is -2.45. The highest BCUT2D eigenvalue weighted by Gasteiger charge is 2.64. The Morgan fingerprint density at radius 1 is 1.23 bits per heavy atom. The summed E-state index contributed by atoms with van der Waals surface area (Å²) in [7, 11) is 0. The molecule has 4 aliphatic rings. The minimum Gasteiger partial charge on any atom is -0.493 e. The second kappa shape index (κ2) is 6.11.